The molecule has 6 heteroatoms. The van der Waals surface area contributed by atoms with Gasteiger partial charge in [0.1, 0.15) is 5.60 Å². The number of aromatic nitrogens is 3. The quantitative estimate of drug-likeness (QED) is 0.907. The molecule has 0 spiro atoms. The fourth-order valence-corrected chi connectivity index (χ4v) is 2.87. The van der Waals surface area contributed by atoms with Crippen LogP contribution in [0.15, 0.2) is 36.5 Å². The molecule has 2 aromatic rings. The highest BCUT2D eigenvalue weighted by Gasteiger charge is 2.53. The summed E-state index contributed by atoms with van der Waals surface area (Å²) in [4.78, 5) is 13.9. The van der Waals surface area contributed by atoms with Gasteiger partial charge in [0, 0.05) is 0 Å². The Hall–Kier alpha value is -2.21. The molecule has 0 bridgehead atoms. The average molecular weight is 284 g/mol. The second-order valence-corrected chi connectivity index (χ2v) is 5.92. The number of rotatable bonds is 3. The SMILES string of the molecule is O=C(c1cn(-c2ccccc2)nn1)N1CC(O)(C2CC2)C1. The Labute approximate surface area is 122 Å². The molecule has 0 unspecified atom stereocenters. The zero-order valence-electron chi connectivity index (χ0n) is 11.5. The maximum atomic E-state index is 12.3. The van der Waals surface area contributed by atoms with Crippen LogP contribution in [-0.4, -0.2) is 49.6 Å². The number of hydrogen-bond acceptors (Lipinski definition) is 4. The van der Waals surface area contributed by atoms with Crippen LogP contribution in [0.5, 0.6) is 0 Å². The molecular formula is C15H16N4O2. The molecule has 0 radical (unpaired) electrons. The van der Waals surface area contributed by atoms with Gasteiger partial charge in [-0.2, -0.15) is 0 Å². The third-order valence-electron chi connectivity index (χ3n) is 4.29. The van der Waals surface area contributed by atoms with Crippen LogP contribution in [0.1, 0.15) is 23.3 Å². The largest absolute Gasteiger partial charge is 0.386 e. The van der Waals surface area contributed by atoms with Gasteiger partial charge >= 0.3 is 0 Å². The monoisotopic (exact) mass is 284 g/mol. The number of nitrogens with zero attached hydrogens (tertiary/aromatic N) is 4. The van der Waals surface area contributed by atoms with Crippen LogP contribution in [0.3, 0.4) is 0 Å². The van der Waals surface area contributed by atoms with E-state index in [4.69, 9.17) is 0 Å². The van der Waals surface area contributed by atoms with E-state index in [9.17, 15) is 9.90 Å². The van der Waals surface area contributed by atoms with Crippen LogP contribution in [0, 0.1) is 5.92 Å². The topological polar surface area (TPSA) is 71.2 Å². The minimum absolute atomic E-state index is 0.164. The van der Waals surface area contributed by atoms with Gasteiger partial charge in [-0.25, -0.2) is 4.68 Å². The maximum Gasteiger partial charge on any atom is 0.276 e. The molecule has 0 atom stereocenters. The summed E-state index contributed by atoms with van der Waals surface area (Å²) in [6, 6.07) is 9.54. The van der Waals surface area contributed by atoms with E-state index < -0.39 is 5.60 Å². The van der Waals surface area contributed by atoms with E-state index in [1.165, 1.54) is 0 Å². The van der Waals surface area contributed by atoms with Gasteiger partial charge < -0.3 is 10.0 Å². The summed E-state index contributed by atoms with van der Waals surface area (Å²) in [5.41, 5.74) is 0.518. The lowest BCUT2D eigenvalue weighted by Gasteiger charge is -2.46. The van der Waals surface area contributed by atoms with E-state index in [-0.39, 0.29) is 5.91 Å². The van der Waals surface area contributed by atoms with Gasteiger partial charge in [-0.15, -0.1) is 5.10 Å². The number of hydrogen-bond donors (Lipinski definition) is 1. The van der Waals surface area contributed by atoms with Crippen molar-refractivity contribution in [2.24, 2.45) is 5.92 Å². The van der Waals surface area contributed by atoms with Crippen LogP contribution < -0.4 is 0 Å². The van der Waals surface area contributed by atoms with E-state index >= 15 is 0 Å². The predicted octanol–water partition coefficient (Wildman–Crippen LogP) is 0.864. The van der Waals surface area contributed by atoms with Gasteiger partial charge in [0.2, 0.25) is 0 Å². The smallest absolute Gasteiger partial charge is 0.276 e. The number of aliphatic hydroxyl groups is 1. The Balaban J connectivity index is 1.48. The van der Waals surface area contributed by atoms with Crippen molar-refractivity contribution in [2.45, 2.75) is 18.4 Å². The molecule has 21 heavy (non-hydrogen) atoms. The van der Waals surface area contributed by atoms with Gasteiger partial charge in [-0.1, -0.05) is 23.4 Å². The molecule has 1 saturated carbocycles. The minimum atomic E-state index is -0.662. The van der Waals surface area contributed by atoms with Crippen LogP contribution in [0.4, 0.5) is 0 Å². The van der Waals surface area contributed by atoms with Crippen molar-refractivity contribution in [1.82, 2.24) is 19.9 Å². The molecule has 1 amide bonds. The molecule has 1 aliphatic heterocycles. The van der Waals surface area contributed by atoms with Gasteiger partial charge in [0.15, 0.2) is 5.69 Å². The number of carbonyl (C=O) groups excluding carboxylic acids is 1. The Bertz CT molecular complexity index is 672. The highest BCUT2D eigenvalue weighted by molar-refractivity contribution is 5.92. The Morgan fingerprint density at radius 3 is 2.62 bits per heavy atom. The van der Waals surface area contributed by atoms with Gasteiger partial charge in [0.25, 0.3) is 5.91 Å². The van der Waals surface area contributed by atoms with E-state index in [0.717, 1.165) is 18.5 Å². The van der Waals surface area contributed by atoms with Crippen molar-refractivity contribution in [1.29, 1.82) is 0 Å². The third kappa shape index (κ3) is 2.12. The van der Waals surface area contributed by atoms with Crippen molar-refractivity contribution in [3.05, 3.63) is 42.2 Å². The summed E-state index contributed by atoms with van der Waals surface area (Å²) in [7, 11) is 0. The van der Waals surface area contributed by atoms with E-state index in [2.05, 4.69) is 10.3 Å². The lowest BCUT2D eigenvalue weighted by Crippen LogP contribution is -2.64. The molecule has 1 saturated heterocycles. The van der Waals surface area contributed by atoms with Crippen LogP contribution in [-0.2, 0) is 0 Å². The second-order valence-electron chi connectivity index (χ2n) is 5.92. The van der Waals surface area contributed by atoms with E-state index in [1.807, 2.05) is 30.3 Å². The standard InChI is InChI=1S/C15H16N4O2/c20-14(18-9-15(21,10-18)11-6-7-11)13-8-19(17-16-13)12-4-2-1-3-5-12/h1-5,8,11,21H,6-7,9-10H2. The predicted molar refractivity (Wildman–Crippen MR) is 74.9 cm³/mol. The van der Waals surface area contributed by atoms with Crippen LogP contribution >= 0.6 is 0 Å². The Morgan fingerprint density at radius 2 is 1.95 bits per heavy atom. The lowest BCUT2D eigenvalue weighted by atomic mass is 9.88. The van der Waals surface area contributed by atoms with Crippen molar-refractivity contribution >= 4 is 5.91 Å². The number of carbonyl (C=O) groups is 1. The molecule has 2 fully saturated rings. The zero-order chi connectivity index (χ0) is 14.4. The van der Waals surface area contributed by atoms with E-state index in [1.54, 1.807) is 15.8 Å². The lowest BCUT2D eigenvalue weighted by molar-refractivity contribution is -0.0959. The maximum absolute atomic E-state index is 12.3. The zero-order valence-corrected chi connectivity index (χ0v) is 11.5. The molecular weight excluding hydrogens is 268 g/mol. The summed E-state index contributed by atoms with van der Waals surface area (Å²) >= 11 is 0. The Kier molecular flexibility index (Phi) is 2.62. The summed E-state index contributed by atoms with van der Waals surface area (Å²) < 4.78 is 1.58. The average Bonchev–Trinajstić information content (AvgIpc) is 3.22. The fraction of sp³-hybridized carbons (Fsp3) is 0.400. The van der Waals surface area contributed by atoms with Crippen LogP contribution in [0.2, 0.25) is 0 Å². The van der Waals surface area contributed by atoms with E-state index in [0.29, 0.717) is 24.7 Å². The first kappa shape index (κ1) is 12.5. The number of para-hydroxylation sites is 1. The highest BCUT2D eigenvalue weighted by Crippen LogP contribution is 2.44. The first-order chi connectivity index (χ1) is 10.2. The highest BCUT2D eigenvalue weighted by atomic mass is 16.3. The van der Waals surface area contributed by atoms with Gasteiger partial charge in [0.05, 0.1) is 25.0 Å². The first-order valence-corrected chi connectivity index (χ1v) is 7.15. The normalized spacial score (nSPS) is 20.1. The molecule has 2 heterocycles. The fourth-order valence-electron chi connectivity index (χ4n) is 2.87. The van der Waals surface area contributed by atoms with Crippen molar-refractivity contribution in [2.75, 3.05) is 13.1 Å². The molecule has 1 N–H and O–H groups in total. The molecule has 2 aliphatic rings. The Morgan fingerprint density at radius 1 is 1.24 bits per heavy atom. The number of amides is 1. The summed E-state index contributed by atoms with van der Waals surface area (Å²) in [5.74, 6) is 0.212. The summed E-state index contributed by atoms with van der Waals surface area (Å²) in [5, 5.41) is 18.2. The van der Waals surface area contributed by atoms with Crippen molar-refractivity contribution in [3.8, 4) is 5.69 Å². The number of likely N-dealkylation sites (tertiary alicyclic amines) is 1. The van der Waals surface area contributed by atoms with Gasteiger partial charge in [-0.05, 0) is 30.9 Å². The number of benzene rings is 1. The number of β-amino-alcohol motifs (C(OH)–C–C–N with tert-alkyl or cyclic N) is 1. The third-order valence-corrected chi connectivity index (χ3v) is 4.29. The minimum Gasteiger partial charge on any atom is -0.386 e. The molecule has 1 aliphatic carbocycles. The summed E-state index contributed by atoms with van der Waals surface area (Å²) in [6.45, 7) is 0.823. The molecule has 1 aromatic carbocycles. The van der Waals surface area contributed by atoms with Crippen molar-refractivity contribution < 1.29 is 9.90 Å². The van der Waals surface area contributed by atoms with Gasteiger partial charge in [-0.3, -0.25) is 4.79 Å². The molecule has 4 rings (SSSR count). The second kappa shape index (κ2) is 4.39. The van der Waals surface area contributed by atoms with Crippen LogP contribution in [0.25, 0.3) is 5.69 Å². The summed E-state index contributed by atoms with van der Waals surface area (Å²) in [6.07, 6.45) is 3.78. The molecule has 108 valence electrons. The first-order valence-electron chi connectivity index (χ1n) is 7.15. The molecule has 6 nitrogen and oxygen atoms in total. The molecule has 1 aromatic heterocycles. The van der Waals surface area contributed by atoms with Crippen molar-refractivity contribution in [3.63, 3.8) is 0 Å².